The average molecular weight is 323 g/mol. The monoisotopic (exact) mass is 322 g/mol. The fourth-order valence-corrected chi connectivity index (χ4v) is 2.07. The highest BCUT2D eigenvalue weighted by atomic mass is 35.5. The summed E-state index contributed by atoms with van der Waals surface area (Å²) >= 11 is 11.6. The van der Waals surface area contributed by atoms with E-state index in [1.807, 2.05) is 24.3 Å². The number of aromatic nitrogens is 1. The minimum atomic E-state index is -0.274. The Morgan fingerprint density at radius 1 is 1.14 bits per heavy atom. The molecule has 0 aliphatic rings. The summed E-state index contributed by atoms with van der Waals surface area (Å²) in [4.78, 5) is 16.0. The molecule has 0 aliphatic heterocycles. The maximum Gasteiger partial charge on any atom is 0.257 e. The largest absolute Gasteiger partial charge is 0.322 e. The van der Waals surface area contributed by atoms with Gasteiger partial charge < -0.3 is 5.32 Å². The SMILES string of the molecule is CC(C)(C)c1ccc(NC(=O)c2cnc(Cl)c(Cl)c2)cc1. The van der Waals surface area contributed by atoms with Gasteiger partial charge in [0.1, 0.15) is 5.15 Å². The van der Waals surface area contributed by atoms with Gasteiger partial charge in [-0.3, -0.25) is 4.79 Å². The molecule has 3 nitrogen and oxygen atoms in total. The molecule has 1 aromatic carbocycles. The first-order valence-electron chi connectivity index (χ1n) is 6.50. The molecular formula is C16H16Cl2N2O. The molecule has 1 N–H and O–H groups in total. The zero-order valence-corrected chi connectivity index (χ0v) is 13.6. The van der Waals surface area contributed by atoms with Gasteiger partial charge in [-0.05, 0) is 29.2 Å². The number of halogens is 2. The van der Waals surface area contributed by atoms with Crippen LogP contribution < -0.4 is 5.32 Å². The predicted octanol–water partition coefficient (Wildman–Crippen LogP) is 4.94. The number of rotatable bonds is 2. The number of nitrogens with zero attached hydrogens (tertiary/aromatic N) is 1. The number of carbonyl (C=O) groups is 1. The van der Waals surface area contributed by atoms with Gasteiger partial charge in [0.05, 0.1) is 10.6 Å². The molecule has 0 fully saturated rings. The Morgan fingerprint density at radius 3 is 2.29 bits per heavy atom. The van der Waals surface area contributed by atoms with Crippen molar-refractivity contribution in [3.8, 4) is 0 Å². The lowest BCUT2D eigenvalue weighted by Crippen LogP contribution is -2.14. The van der Waals surface area contributed by atoms with Crippen LogP contribution in [0.3, 0.4) is 0 Å². The molecule has 0 radical (unpaired) electrons. The van der Waals surface area contributed by atoms with Gasteiger partial charge in [0.25, 0.3) is 5.91 Å². The molecule has 0 saturated carbocycles. The number of anilines is 1. The molecule has 0 atom stereocenters. The zero-order chi connectivity index (χ0) is 15.6. The first-order chi connectivity index (χ1) is 9.77. The quantitative estimate of drug-likeness (QED) is 0.796. The van der Waals surface area contributed by atoms with Crippen molar-refractivity contribution < 1.29 is 4.79 Å². The first-order valence-corrected chi connectivity index (χ1v) is 7.26. The van der Waals surface area contributed by atoms with Gasteiger partial charge in [-0.25, -0.2) is 4.98 Å². The van der Waals surface area contributed by atoms with Crippen LogP contribution in [0.5, 0.6) is 0 Å². The zero-order valence-electron chi connectivity index (χ0n) is 12.1. The molecule has 0 bridgehead atoms. The highest BCUT2D eigenvalue weighted by molar-refractivity contribution is 6.41. The maximum absolute atomic E-state index is 12.1. The van der Waals surface area contributed by atoms with E-state index in [0.717, 1.165) is 5.69 Å². The number of hydrogen-bond acceptors (Lipinski definition) is 2. The van der Waals surface area contributed by atoms with Crippen molar-refractivity contribution in [2.24, 2.45) is 0 Å². The smallest absolute Gasteiger partial charge is 0.257 e. The van der Waals surface area contributed by atoms with Crippen LogP contribution >= 0.6 is 23.2 Å². The third-order valence-corrected chi connectivity index (χ3v) is 3.75. The second-order valence-electron chi connectivity index (χ2n) is 5.78. The molecule has 1 amide bonds. The molecule has 21 heavy (non-hydrogen) atoms. The summed E-state index contributed by atoms with van der Waals surface area (Å²) in [5.41, 5.74) is 2.37. The summed E-state index contributed by atoms with van der Waals surface area (Å²) in [5, 5.41) is 3.24. The molecule has 2 rings (SSSR count). The summed E-state index contributed by atoms with van der Waals surface area (Å²) in [6.07, 6.45) is 1.40. The lowest BCUT2D eigenvalue weighted by atomic mass is 9.87. The van der Waals surface area contributed by atoms with Crippen molar-refractivity contribution in [1.82, 2.24) is 4.98 Å². The Bertz CT molecular complexity index is 661. The summed E-state index contributed by atoms with van der Waals surface area (Å²) in [6, 6.07) is 9.26. The second kappa shape index (κ2) is 6.04. The van der Waals surface area contributed by atoms with Crippen LogP contribution in [0.1, 0.15) is 36.7 Å². The van der Waals surface area contributed by atoms with Crippen molar-refractivity contribution in [1.29, 1.82) is 0 Å². The lowest BCUT2D eigenvalue weighted by Gasteiger charge is -2.19. The number of pyridine rings is 1. The van der Waals surface area contributed by atoms with Crippen molar-refractivity contribution in [3.05, 3.63) is 57.8 Å². The molecule has 1 heterocycles. The van der Waals surface area contributed by atoms with Crippen LogP contribution in [0, 0.1) is 0 Å². The standard InChI is InChI=1S/C16H16Cl2N2O/c1-16(2,3)11-4-6-12(7-5-11)20-15(21)10-8-13(17)14(18)19-9-10/h4-9H,1-3H3,(H,20,21). The number of amides is 1. The van der Waals surface area contributed by atoms with Crippen LogP contribution in [0.4, 0.5) is 5.69 Å². The van der Waals surface area contributed by atoms with Crippen molar-refractivity contribution in [3.63, 3.8) is 0 Å². The van der Waals surface area contributed by atoms with E-state index in [2.05, 4.69) is 31.1 Å². The Balaban J connectivity index is 2.14. The fourth-order valence-electron chi connectivity index (χ4n) is 1.80. The summed E-state index contributed by atoms with van der Waals surface area (Å²) in [7, 11) is 0. The molecule has 110 valence electrons. The summed E-state index contributed by atoms with van der Waals surface area (Å²) in [6.45, 7) is 6.42. The van der Waals surface area contributed by atoms with E-state index < -0.39 is 0 Å². The normalized spacial score (nSPS) is 11.3. The lowest BCUT2D eigenvalue weighted by molar-refractivity contribution is 0.102. The minimum absolute atomic E-state index is 0.0795. The fraction of sp³-hybridized carbons (Fsp3) is 0.250. The van der Waals surface area contributed by atoms with Gasteiger partial charge in [0.2, 0.25) is 0 Å². The highest BCUT2D eigenvalue weighted by Gasteiger charge is 2.14. The topological polar surface area (TPSA) is 42.0 Å². The van der Waals surface area contributed by atoms with Crippen LogP contribution in [0.15, 0.2) is 36.5 Å². The summed E-state index contributed by atoms with van der Waals surface area (Å²) < 4.78 is 0. The molecule has 5 heteroatoms. The van der Waals surface area contributed by atoms with E-state index >= 15 is 0 Å². The first kappa shape index (κ1) is 15.8. The minimum Gasteiger partial charge on any atom is -0.322 e. The molecule has 0 unspecified atom stereocenters. The van der Waals surface area contributed by atoms with Crippen LogP contribution in [0.2, 0.25) is 10.2 Å². The average Bonchev–Trinajstić information content (AvgIpc) is 2.41. The number of benzene rings is 1. The van der Waals surface area contributed by atoms with Gasteiger partial charge in [0.15, 0.2) is 0 Å². The van der Waals surface area contributed by atoms with Gasteiger partial charge in [-0.1, -0.05) is 56.1 Å². The summed E-state index contributed by atoms with van der Waals surface area (Å²) in [5.74, 6) is -0.274. The Morgan fingerprint density at radius 2 is 1.76 bits per heavy atom. The molecule has 2 aromatic rings. The van der Waals surface area contributed by atoms with E-state index in [0.29, 0.717) is 5.56 Å². The van der Waals surface area contributed by atoms with E-state index in [9.17, 15) is 4.79 Å². The number of carbonyl (C=O) groups excluding carboxylic acids is 1. The van der Waals surface area contributed by atoms with Crippen molar-refractivity contribution >= 4 is 34.8 Å². The van der Waals surface area contributed by atoms with Gasteiger partial charge in [-0.15, -0.1) is 0 Å². The number of nitrogens with one attached hydrogen (secondary N) is 1. The molecule has 0 saturated heterocycles. The Kier molecular flexibility index (Phi) is 4.55. The third-order valence-electron chi connectivity index (χ3n) is 3.07. The van der Waals surface area contributed by atoms with Gasteiger partial charge in [-0.2, -0.15) is 0 Å². The second-order valence-corrected chi connectivity index (χ2v) is 6.54. The Labute approximate surface area is 134 Å². The molecule has 0 spiro atoms. The maximum atomic E-state index is 12.1. The highest BCUT2D eigenvalue weighted by Crippen LogP contribution is 2.24. The van der Waals surface area contributed by atoms with E-state index in [-0.39, 0.29) is 21.5 Å². The third kappa shape index (κ3) is 3.96. The van der Waals surface area contributed by atoms with E-state index in [1.165, 1.54) is 17.8 Å². The van der Waals surface area contributed by atoms with Gasteiger partial charge in [0, 0.05) is 11.9 Å². The van der Waals surface area contributed by atoms with E-state index in [1.54, 1.807) is 0 Å². The molecular weight excluding hydrogens is 307 g/mol. The molecule has 0 aliphatic carbocycles. The van der Waals surface area contributed by atoms with Crippen LogP contribution in [0.25, 0.3) is 0 Å². The van der Waals surface area contributed by atoms with Gasteiger partial charge >= 0.3 is 0 Å². The Hall–Kier alpha value is -1.58. The molecule has 1 aromatic heterocycles. The van der Waals surface area contributed by atoms with Crippen molar-refractivity contribution in [2.75, 3.05) is 5.32 Å². The van der Waals surface area contributed by atoms with Crippen LogP contribution in [-0.2, 0) is 5.41 Å². The van der Waals surface area contributed by atoms with Crippen molar-refractivity contribution in [2.45, 2.75) is 26.2 Å². The van der Waals surface area contributed by atoms with Crippen LogP contribution in [-0.4, -0.2) is 10.9 Å². The number of hydrogen-bond donors (Lipinski definition) is 1. The van der Waals surface area contributed by atoms with E-state index in [4.69, 9.17) is 23.2 Å². The predicted molar refractivity (Wildman–Crippen MR) is 87.4 cm³/mol.